The molecular weight excluding hydrogens is 280 g/mol. The van der Waals surface area contributed by atoms with Gasteiger partial charge in [0, 0.05) is 12.3 Å². The van der Waals surface area contributed by atoms with Crippen molar-refractivity contribution in [2.24, 2.45) is 0 Å². The molecule has 5 nitrogen and oxygen atoms in total. The van der Waals surface area contributed by atoms with Crippen molar-refractivity contribution in [1.29, 1.82) is 0 Å². The minimum atomic E-state index is -1.13. The molecule has 3 N–H and O–H groups in total. The van der Waals surface area contributed by atoms with Crippen LogP contribution in [0.5, 0.6) is 0 Å². The van der Waals surface area contributed by atoms with Crippen molar-refractivity contribution < 1.29 is 18.7 Å². The number of amides is 1. The van der Waals surface area contributed by atoms with Crippen molar-refractivity contribution in [2.75, 3.05) is 5.43 Å². The smallest absolute Gasteiger partial charge is 0.241 e. The Kier molecular flexibility index (Phi) is 4.78. The van der Waals surface area contributed by atoms with Gasteiger partial charge in [0.25, 0.3) is 0 Å². The van der Waals surface area contributed by atoms with E-state index in [2.05, 4.69) is 15.8 Å². The van der Waals surface area contributed by atoms with Crippen molar-refractivity contribution in [1.82, 2.24) is 10.4 Å². The van der Waals surface area contributed by atoms with E-state index < -0.39 is 23.8 Å². The number of hydrazine groups is 1. The molecule has 0 fully saturated rings. The third-order valence-electron chi connectivity index (χ3n) is 2.69. The minimum Gasteiger partial charge on any atom is -0.388 e. The van der Waals surface area contributed by atoms with E-state index in [4.69, 9.17) is 0 Å². The SMILES string of the molecule is O=C(CC(O)c1cccc(F)c1)NNc1ccnc(F)c1. The second-order valence-electron chi connectivity index (χ2n) is 4.32. The van der Waals surface area contributed by atoms with Crippen LogP contribution in [0.4, 0.5) is 14.5 Å². The van der Waals surface area contributed by atoms with Gasteiger partial charge < -0.3 is 5.11 Å². The normalized spacial score (nSPS) is 11.8. The number of hydrogen-bond donors (Lipinski definition) is 3. The summed E-state index contributed by atoms with van der Waals surface area (Å²) in [5, 5.41) is 9.83. The van der Waals surface area contributed by atoms with E-state index in [1.165, 1.54) is 30.5 Å². The topological polar surface area (TPSA) is 74.2 Å². The number of pyridine rings is 1. The molecule has 1 unspecified atom stereocenters. The highest BCUT2D eigenvalue weighted by Crippen LogP contribution is 2.17. The van der Waals surface area contributed by atoms with E-state index in [0.29, 0.717) is 11.3 Å². The standard InChI is InChI=1S/C14H13F2N3O2/c15-10-3-1-2-9(6-10)12(20)8-14(21)19-18-11-4-5-17-13(16)7-11/h1-7,12,20H,8H2,(H,17,18)(H,19,21). The summed E-state index contributed by atoms with van der Waals surface area (Å²) >= 11 is 0. The number of nitrogens with one attached hydrogen (secondary N) is 2. The molecule has 0 spiro atoms. The number of aromatic nitrogens is 1. The van der Waals surface area contributed by atoms with Crippen LogP contribution < -0.4 is 10.9 Å². The number of carbonyl (C=O) groups excluding carboxylic acids is 1. The first-order valence-corrected chi connectivity index (χ1v) is 6.14. The Morgan fingerprint density at radius 1 is 1.29 bits per heavy atom. The summed E-state index contributed by atoms with van der Waals surface area (Å²) < 4.78 is 25.8. The molecule has 110 valence electrons. The number of benzene rings is 1. The largest absolute Gasteiger partial charge is 0.388 e. The van der Waals surface area contributed by atoms with Crippen LogP contribution >= 0.6 is 0 Å². The van der Waals surface area contributed by atoms with Crippen molar-refractivity contribution >= 4 is 11.6 Å². The van der Waals surface area contributed by atoms with Crippen LogP contribution in [0.2, 0.25) is 0 Å². The molecule has 0 bridgehead atoms. The van der Waals surface area contributed by atoms with Crippen LogP contribution in [0.25, 0.3) is 0 Å². The molecule has 1 aromatic heterocycles. The van der Waals surface area contributed by atoms with E-state index in [1.54, 1.807) is 0 Å². The number of rotatable bonds is 5. The molecule has 2 rings (SSSR count). The summed E-state index contributed by atoms with van der Waals surface area (Å²) in [7, 11) is 0. The number of aliphatic hydroxyl groups is 1. The third kappa shape index (κ3) is 4.50. The number of halogens is 2. The third-order valence-corrected chi connectivity index (χ3v) is 2.69. The molecule has 1 aromatic carbocycles. The number of anilines is 1. The lowest BCUT2D eigenvalue weighted by Crippen LogP contribution is -2.30. The van der Waals surface area contributed by atoms with Crippen LogP contribution in [0, 0.1) is 11.8 Å². The molecule has 0 saturated heterocycles. The second kappa shape index (κ2) is 6.76. The molecule has 7 heteroatoms. The van der Waals surface area contributed by atoms with Crippen molar-refractivity contribution in [3.05, 3.63) is 59.9 Å². The second-order valence-corrected chi connectivity index (χ2v) is 4.32. The number of carbonyl (C=O) groups is 1. The molecule has 0 aliphatic rings. The molecule has 0 aliphatic carbocycles. The Bertz CT molecular complexity index is 637. The highest BCUT2D eigenvalue weighted by atomic mass is 19.1. The Morgan fingerprint density at radius 3 is 2.81 bits per heavy atom. The van der Waals surface area contributed by atoms with Crippen molar-refractivity contribution in [2.45, 2.75) is 12.5 Å². The maximum absolute atomic E-state index is 13.0. The van der Waals surface area contributed by atoms with E-state index in [-0.39, 0.29) is 6.42 Å². The maximum Gasteiger partial charge on any atom is 0.241 e. The molecule has 1 atom stereocenters. The van der Waals surface area contributed by atoms with Gasteiger partial charge in [-0.15, -0.1) is 0 Å². The molecular formula is C14H13F2N3O2. The lowest BCUT2D eigenvalue weighted by molar-refractivity contribution is -0.122. The fourth-order valence-corrected chi connectivity index (χ4v) is 1.68. The average Bonchev–Trinajstić information content (AvgIpc) is 2.45. The first kappa shape index (κ1) is 14.9. The first-order chi connectivity index (χ1) is 10.0. The van der Waals surface area contributed by atoms with Gasteiger partial charge in [0.05, 0.1) is 18.2 Å². The zero-order chi connectivity index (χ0) is 15.2. The molecule has 0 aliphatic heterocycles. The van der Waals surface area contributed by atoms with E-state index >= 15 is 0 Å². The zero-order valence-corrected chi connectivity index (χ0v) is 10.9. The summed E-state index contributed by atoms with van der Waals surface area (Å²) in [6.07, 6.45) is -0.146. The van der Waals surface area contributed by atoms with Gasteiger partial charge in [-0.25, -0.2) is 9.37 Å². The predicted octanol–water partition coefficient (Wildman–Crippen LogP) is 1.93. The summed E-state index contributed by atoms with van der Waals surface area (Å²) in [5.41, 5.74) is 5.41. The van der Waals surface area contributed by atoms with Gasteiger partial charge in [0.1, 0.15) is 5.82 Å². The number of aliphatic hydroxyl groups excluding tert-OH is 1. The highest BCUT2D eigenvalue weighted by molar-refractivity contribution is 5.78. The quantitative estimate of drug-likeness (QED) is 0.581. The van der Waals surface area contributed by atoms with Crippen LogP contribution in [-0.2, 0) is 4.79 Å². The highest BCUT2D eigenvalue weighted by Gasteiger charge is 2.13. The Balaban J connectivity index is 1.87. The van der Waals surface area contributed by atoms with Gasteiger partial charge in [-0.3, -0.25) is 15.6 Å². The van der Waals surface area contributed by atoms with E-state index in [0.717, 1.165) is 12.1 Å². The first-order valence-electron chi connectivity index (χ1n) is 6.14. The molecule has 1 heterocycles. The lowest BCUT2D eigenvalue weighted by Gasteiger charge is -2.12. The van der Waals surface area contributed by atoms with Crippen LogP contribution in [-0.4, -0.2) is 16.0 Å². The van der Waals surface area contributed by atoms with Gasteiger partial charge in [0.2, 0.25) is 11.9 Å². The van der Waals surface area contributed by atoms with Gasteiger partial charge in [-0.1, -0.05) is 12.1 Å². The van der Waals surface area contributed by atoms with Gasteiger partial charge in [-0.05, 0) is 23.8 Å². The molecule has 2 aromatic rings. The molecule has 1 amide bonds. The van der Waals surface area contributed by atoms with Gasteiger partial charge in [0.15, 0.2) is 0 Å². The Labute approximate surface area is 119 Å². The van der Waals surface area contributed by atoms with Crippen LogP contribution in [0.3, 0.4) is 0 Å². The van der Waals surface area contributed by atoms with Crippen LogP contribution in [0.1, 0.15) is 18.1 Å². The maximum atomic E-state index is 13.0. The van der Waals surface area contributed by atoms with E-state index in [1.807, 2.05) is 0 Å². The number of hydrogen-bond acceptors (Lipinski definition) is 4. The fraction of sp³-hybridized carbons (Fsp3) is 0.143. The Hall–Kier alpha value is -2.54. The average molecular weight is 293 g/mol. The molecule has 0 radical (unpaired) electrons. The van der Waals surface area contributed by atoms with Gasteiger partial charge >= 0.3 is 0 Å². The lowest BCUT2D eigenvalue weighted by atomic mass is 10.1. The van der Waals surface area contributed by atoms with Crippen LogP contribution in [0.15, 0.2) is 42.6 Å². The number of nitrogens with zero attached hydrogens (tertiary/aromatic N) is 1. The minimum absolute atomic E-state index is 0.260. The monoisotopic (exact) mass is 293 g/mol. The summed E-state index contributed by atoms with van der Waals surface area (Å²) in [5.74, 6) is -1.70. The van der Waals surface area contributed by atoms with E-state index in [9.17, 15) is 18.7 Å². The molecule has 0 saturated carbocycles. The zero-order valence-electron chi connectivity index (χ0n) is 10.9. The molecule has 21 heavy (non-hydrogen) atoms. The van der Waals surface area contributed by atoms with Crippen molar-refractivity contribution in [3.8, 4) is 0 Å². The van der Waals surface area contributed by atoms with Crippen molar-refractivity contribution in [3.63, 3.8) is 0 Å². The predicted molar refractivity (Wildman–Crippen MR) is 71.9 cm³/mol. The van der Waals surface area contributed by atoms with Gasteiger partial charge in [-0.2, -0.15) is 4.39 Å². The summed E-state index contributed by atoms with van der Waals surface area (Å²) in [4.78, 5) is 15.0. The Morgan fingerprint density at radius 2 is 2.10 bits per heavy atom. The summed E-state index contributed by atoms with van der Waals surface area (Å²) in [6.45, 7) is 0. The summed E-state index contributed by atoms with van der Waals surface area (Å²) in [6, 6.07) is 7.94. The fourth-order valence-electron chi connectivity index (χ4n) is 1.68.